The van der Waals surface area contributed by atoms with Crippen molar-refractivity contribution in [1.29, 1.82) is 0 Å². The SMILES string of the molecule is NC(=O)c1cccc(C=Nc2ccc(C3(O)CCCNC3)cc2F)c1N. The third-order valence-corrected chi connectivity index (χ3v) is 4.59. The Morgan fingerprint density at radius 3 is 2.81 bits per heavy atom. The van der Waals surface area contributed by atoms with E-state index in [1.165, 1.54) is 24.4 Å². The number of nitrogens with one attached hydrogen (secondary N) is 1. The van der Waals surface area contributed by atoms with Crippen LogP contribution in [-0.4, -0.2) is 30.3 Å². The first-order chi connectivity index (χ1) is 12.4. The van der Waals surface area contributed by atoms with Gasteiger partial charge in [-0.05, 0) is 43.1 Å². The maximum Gasteiger partial charge on any atom is 0.250 e. The number of halogens is 1. The van der Waals surface area contributed by atoms with Crippen LogP contribution in [0.25, 0.3) is 0 Å². The van der Waals surface area contributed by atoms with Crippen molar-refractivity contribution in [3.05, 3.63) is 58.9 Å². The van der Waals surface area contributed by atoms with Gasteiger partial charge in [-0.1, -0.05) is 18.2 Å². The number of benzene rings is 2. The van der Waals surface area contributed by atoms with Crippen LogP contribution < -0.4 is 16.8 Å². The Balaban J connectivity index is 1.86. The van der Waals surface area contributed by atoms with E-state index in [1.54, 1.807) is 18.2 Å². The molecule has 3 rings (SSSR count). The van der Waals surface area contributed by atoms with E-state index in [1.807, 2.05) is 0 Å². The van der Waals surface area contributed by atoms with Gasteiger partial charge in [0.25, 0.3) is 5.91 Å². The Bertz CT molecular complexity index is 861. The number of nitrogens with two attached hydrogens (primary N) is 2. The Kier molecular flexibility index (Phi) is 5.01. The maximum atomic E-state index is 14.4. The molecule has 2 aromatic rings. The molecule has 7 heteroatoms. The molecule has 0 saturated carbocycles. The third kappa shape index (κ3) is 3.58. The second kappa shape index (κ2) is 7.23. The number of para-hydroxylation sites is 1. The molecule has 136 valence electrons. The number of nitrogens with zero attached hydrogens (tertiary/aromatic N) is 1. The molecule has 6 N–H and O–H groups in total. The number of anilines is 1. The summed E-state index contributed by atoms with van der Waals surface area (Å²) in [5.41, 5.74) is 11.6. The van der Waals surface area contributed by atoms with Crippen LogP contribution in [0.1, 0.15) is 34.3 Å². The Morgan fingerprint density at radius 2 is 2.15 bits per heavy atom. The van der Waals surface area contributed by atoms with Crippen LogP contribution in [0, 0.1) is 5.82 Å². The molecule has 6 nitrogen and oxygen atoms in total. The summed E-state index contributed by atoms with van der Waals surface area (Å²) in [6, 6.07) is 9.30. The molecule has 1 amide bonds. The van der Waals surface area contributed by atoms with Crippen LogP contribution in [0.2, 0.25) is 0 Å². The number of piperidine rings is 1. The number of rotatable bonds is 4. The standard InChI is InChI=1S/C19H21FN4O2/c20-15-9-13(19(26)7-2-8-23-11-19)5-6-16(15)24-10-12-3-1-4-14(17(12)21)18(22)25/h1,3-6,9-10,23,26H,2,7-8,11,21H2,(H2,22,25). The Labute approximate surface area is 150 Å². The largest absolute Gasteiger partial charge is 0.398 e. The quantitative estimate of drug-likeness (QED) is 0.494. The number of aliphatic hydroxyl groups is 1. The van der Waals surface area contributed by atoms with Crippen LogP contribution >= 0.6 is 0 Å². The van der Waals surface area contributed by atoms with Crippen molar-refractivity contribution < 1.29 is 14.3 Å². The number of β-amino-alcohol motifs (C(OH)–C–C–N with tert-alkyl or cyclic N) is 1. The van der Waals surface area contributed by atoms with E-state index in [4.69, 9.17) is 11.5 Å². The van der Waals surface area contributed by atoms with E-state index in [0.29, 0.717) is 24.1 Å². The van der Waals surface area contributed by atoms with Gasteiger partial charge in [-0.2, -0.15) is 0 Å². The highest BCUT2D eigenvalue weighted by Crippen LogP contribution is 2.31. The van der Waals surface area contributed by atoms with Gasteiger partial charge in [0.15, 0.2) is 0 Å². The predicted molar refractivity (Wildman–Crippen MR) is 99.0 cm³/mol. The minimum Gasteiger partial charge on any atom is -0.398 e. The van der Waals surface area contributed by atoms with Gasteiger partial charge < -0.3 is 21.9 Å². The number of aliphatic imine (C=N–C) groups is 1. The van der Waals surface area contributed by atoms with E-state index in [9.17, 15) is 14.3 Å². The molecule has 1 fully saturated rings. The minimum absolute atomic E-state index is 0.116. The van der Waals surface area contributed by atoms with E-state index in [2.05, 4.69) is 10.3 Å². The van der Waals surface area contributed by atoms with E-state index in [-0.39, 0.29) is 16.9 Å². The van der Waals surface area contributed by atoms with E-state index in [0.717, 1.165) is 13.0 Å². The van der Waals surface area contributed by atoms with Gasteiger partial charge in [-0.3, -0.25) is 9.79 Å². The third-order valence-electron chi connectivity index (χ3n) is 4.59. The van der Waals surface area contributed by atoms with E-state index >= 15 is 0 Å². The minimum atomic E-state index is -1.07. The number of carbonyl (C=O) groups excluding carboxylic acids is 1. The van der Waals surface area contributed by atoms with E-state index < -0.39 is 17.3 Å². The topological polar surface area (TPSA) is 114 Å². The van der Waals surface area contributed by atoms with Crippen molar-refractivity contribution >= 4 is 23.5 Å². The van der Waals surface area contributed by atoms with Crippen molar-refractivity contribution in [3.63, 3.8) is 0 Å². The highest BCUT2D eigenvalue weighted by Gasteiger charge is 2.31. The summed E-state index contributed by atoms with van der Waals surface area (Å²) >= 11 is 0. The molecule has 1 aliphatic heterocycles. The lowest BCUT2D eigenvalue weighted by atomic mass is 9.86. The van der Waals surface area contributed by atoms with Gasteiger partial charge in [0.05, 0.1) is 16.9 Å². The number of amides is 1. The van der Waals surface area contributed by atoms with Crippen LogP contribution in [0.3, 0.4) is 0 Å². The lowest BCUT2D eigenvalue weighted by molar-refractivity contribution is 0.0120. The normalized spacial score (nSPS) is 20.4. The summed E-state index contributed by atoms with van der Waals surface area (Å²) < 4.78 is 14.4. The van der Waals surface area contributed by atoms with Gasteiger partial charge in [0.2, 0.25) is 0 Å². The molecule has 0 radical (unpaired) electrons. The first kappa shape index (κ1) is 18.0. The lowest BCUT2D eigenvalue weighted by Gasteiger charge is -2.33. The van der Waals surface area contributed by atoms with Crippen molar-refractivity contribution in [1.82, 2.24) is 5.32 Å². The fraction of sp³-hybridized carbons (Fsp3) is 0.263. The van der Waals surface area contributed by atoms with Crippen LogP contribution in [0.15, 0.2) is 41.4 Å². The first-order valence-corrected chi connectivity index (χ1v) is 8.36. The molecule has 0 aliphatic carbocycles. The van der Waals surface area contributed by atoms with Crippen molar-refractivity contribution in [3.8, 4) is 0 Å². The maximum absolute atomic E-state index is 14.4. The molecule has 1 unspecified atom stereocenters. The predicted octanol–water partition coefficient (Wildman–Crippen LogP) is 1.83. The number of carbonyl (C=O) groups is 1. The van der Waals surface area contributed by atoms with Crippen LogP contribution in [0.5, 0.6) is 0 Å². The second-order valence-corrected chi connectivity index (χ2v) is 6.41. The van der Waals surface area contributed by atoms with Gasteiger partial charge in [-0.15, -0.1) is 0 Å². The molecule has 0 bridgehead atoms. The van der Waals surface area contributed by atoms with Gasteiger partial charge in [0, 0.05) is 18.3 Å². The second-order valence-electron chi connectivity index (χ2n) is 6.41. The number of nitrogen functional groups attached to an aromatic ring is 1. The summed E-state index contributed by atoms with van der Waals surface area (Å²) in [5.74, 6) is -1.18. The molecule has 1 heterocycles. The Morgan fingerprint density at radius 1 is 1.35 bits per heavy atom. The molecule has 1 saturated heterocycles. The van der Waals surface area contributed by atoms with Crippen molar-refractivity contribution in [2.45, 2.75) is 18.4 Å². The fourth-order valence-corrected chi connectivity index (χ4v) is 3.09. The number of hydrogen-bond donors (Lipinski definition) is 4. The molecule has 0 aromatic heterocycles. The van der Waals surface area contributed by atoms with Gasteiger partial charge >= 0.3 is 0 Å². The monoisotopic (exact) mass is 356 g/mol. The summed E-state index contributed by atoms with van der Waals surface area (Å²) in [7, 11) is 0. The molecule has 1 aliphatic rings. The average molecular weight is 356 g/mol. The van der Waals surface area contributed by atoms with Gasteiger partial charge in [-0.25, -0.2) is 4.39 Å². The highest BCUT2D eigenvalue weighted by atomic mass is 19.1. The zero-order valence-corrected chi connectivity index (χ0v) is 14.2. The fourth-order valence-electron chi connectivity index (χ4n) is 3.09. The summed E-state index contributed by atoms with van der Waals surface area (Å²) in [6.45, 7) is 1.24. The van der Waals surface area contributed by atoms with Crippen molar-refractivity contribution in [2.75, 3.05) is 18.8 Å². The van der Waals surface area contributed by atoms with Crippen molar-refractivity contribution in [2.24, 2.45) is 10.7 Å². The molecular formula is C19H21FN4O2. The molecular weight excluding hydrogens is 335 g/mol. The number of primary amides is 1. The number of hydrogen-bond acceptors (Lipinski definition) is 5. The Hall–Kier alpha value is -2.77. The van der Waals surface area contributed by atoms with Crippen LogP contribution in [0.4, 0.5) is 15.8 Å². The molecule has 0 spiro atoms. The molecule has 2 aromatic carbocycles. The molecule has 26 heavy (non-hydrogen) atoms. The lowest BCUT2D eigenvalue weighted by Crippen LogP contribution is -2.43. The highest BCUT2D eigenvalue weighted by molar-refractivity contribution is 6.02. The summed E-state index contributed by atoms with van der Waals surface area (Å²) in [5, 5.41) is 13.8. The first-order valence-electron chi connectivity index (χ1n) is 8.36. The molecule has 1 atom stereocenters. The smallest absolute Gasteiger partial charge is 0.250 e. The summed E-state index contributed by atoms with van der Waals surface area (Å²) in [6.07, 6.45) is 2.79. The zero-order chi connectivity index (χ0) is 18.7. The zero-order valence-electron chi connectivity index (χ0n) is 14.2. The summed E-state index contributed by atoms with van der Waals surface area (Å²) in [4.78, 5) is 15.4. The average Bonchev–Trinajstić information content (AvgIpc) is 2.62. The van der Waals surface area contributed by atoms with Crippen LogP contribution in [-0.2, 0) is 5.60 Å². The van der Waals surface area contributed by atoms with Gasteiger partial charge in [0.1, 0.15) is 11.4 Å².